The third-order valence-corrected chi connectivity index (χ3v) is 5.52. The minimum atomic E-state index is -0.954. The Balaban J connectivity index is 2.16. The van der Waals surface area contributed by atoms with E-state index < -0.39 is 17.9 Å². The highest BCUT2D eigenvalue weighted by molar-refractivity contribution is 7.16. The second-order valence-electron chi connectivity index (χ2n) is 5.99. The zero-order chi connectivity index (χ0) is 18.0. The predicted molar refractivity (Wildman–Crippen MR) is 96.1 cm³/mol. The zero-order valence-electron chi connectivity index (χ0n) is 13.8. The van der Waals surface area contributed by atoms with Crippen LogP contribution in [-0.4, -0.2) is 28.4 Å². The molecule has 0 saturated heterocycles. The molecule has 0 radical (unpaired) electrons. The fraction of sp³-hybridized carbons (Fsp3) is 0.316. The summed E-state index contributed by atoms with van der Waals surface area (Å²) in [6.45, 7) is 9.70. The Labute approximate surface area is 150 Å². The van der Waals surface area contributed by atoms with E-state index in [4.69, 9.17) is 6.57 Å². The van der Waals surface area contributed by atoms with Crippen LogP contribution in [0.2, 0.25) is 0 Å². The van der Waals surface area contributed by atoms with Crippen molar-refractivity contribution < 1.29 is 14.7 Å². The molecule has 0 aliphatic carbocycles. The molecule has 25 heavy (non-hydrogen) atoms. The average molecular weight is 354 g/mol. The monoisotopic (exact) mass is 354 g/mol. The lowest BCUT2D eigenvalue weighted by Gasteiger charge is -2.40. The highest BCUT2D eigenvalue weighted by atomic mass is 32.1. The number of benzene rings is 1. The molecule has 1 amide bonds. The van der Waals surface area contributed by atoms with Gasteiger partial charge in [0.1, 0.15) is 5.92 Å². The highest BCUT2D eigenvalue weighted by Gasteiger charge is 2.44. The molecule has 1 aromatic heterocycles. The molecule has 2 aromatic rings. The van der Waals surface area contributed by atoms with Gasteiger partial charge in [0.2, 0.25) is 5.00 Å². The summed E-state index contributed by atoms with van der Waals surface area (Å²) in [5.41, 5.74) is 1.01. The van der Waals surface area contributed by atoms with Gasteiger partial charge in [-0.2, -0.15) is 11.3 Å². The minimum Gasteiger partial charge on any atom is -0.481 e. The Bertz CT molecular complexity index is 852. The molecule has 6 heteroatoms. The molecule has 128 valence electrons. The molecule has 1 aromatic carbocycles. The van der Waals surface area contributed by atoms with Gasteiger partial charge in [-0.1, -0.05) is 37.6 Å². The summed E-state index contributed by atoms with van der Waals surface area (Å²) in [7, 11) is 0. The summed E-state index contributed by atoms with van der Waals surface area (Å²) in [6.07, 6.45) is 1.71. The number of rotatable bonds is 5. The molecule has 0 fully saturated rings. The Hall–Kier alpha value is -2.65. The first-order valence-corrected chi connectivity index (χ1v) is 9.00. The number of unbranched alkanes of at least 4 members (excludes halogenated alkanes) is 1. The standard InChI is InChI=1S/C19H18N2O3S/c1-3-4-11-21-17(14-9-10-15(20-2)25-14)16(19(23)24)12-7-5-6-8-13(12)18(21)22/h5-10,16-17H,3-4,11H2,1H3,(H,23,24). The smallest absolute Gasteiger partial charge is 0.313 e. The van der Waals surface area contributed by atoms with Crippen LogP contribution >= 0.6 is 11.3 Å². The molecule has 0 saturated carbocycles. The van der Waals surface area contributed by atoms with Crippen LogP contribution in [0.3, 0.4) is 0 Å². The first kappa shape index (κ1) is 17.2. The molecule has 2 unspecified atom stereocenters. The predicted octanol–water partition coefficient (Wildman–Crippen LogP) is 4.46. The fourth-order valence-electron chi connectivity index (χ4n) is 3.31. The Kier molecular flexibility index (Phi) is 4.86. The number of carbonyl (C=O) groups is 2. The molecule has 3 rings (SSSR count). The van der Waals surface area contributed by atoms with E-state index in [0.717, 1.165) is 17.7 Å². The maximum Gasteiger partial charge on any atom is 0.313 e. The molecule has 0 bridgehead atoms. The van der Waals surface area contributed by atoms with Crippen molar-refractivity contribution >= 4 is 28.2 Å². The molecule has 1 N–H and O–H groups in total. The van der Waals surface area contributed by atoms with Crippen molar-refractivity contribution in [2.45, 2.75) is 31.7 Å². The maximum atomic E-state index is 13.0. The largest absolute Gasteiger partial charge is 0.481 e. The molecular formula is C19H18N2O3S. The van der Waals surface area contributed by atoms with Crippen LogP contribution in [0.4, 0.5) is 5.00 Å². The van der Waals surface area contributed by atoms with Crippen molar-refractivity contribution in [3.05, 3.63) is 63.8 Å². The van der Waals surface area contributed by atoms with E-state index in [-0.39, 0.29) is 5.91 Å². The molecule has 5 nitrogen and oxygen atoms in total. The third kappa shape index (κ3) is 3.03. The van der Waals surface area contributed by atoms with Gasteiger partial charge < -0.3 is 10.0 Å². The third-order valence-electron chi connectivity index (χ3n) is 4.47. The summed E-state index contributed by atoms with van der Waals surface area (Å²) in [6, 6.07) is 9.83. The van der Waals surface area contributed by atoms with Crippen LogP contribution in [0.15, 0.2) is 36.4 Å². The number of amides is 1. The van der Waals surface area contributed by atoms with Crippen LogP contribution in [-0.2, 0) is 4.79 Å². The van der Waals surface area contributed by atoms with Crippen molar-refractivity contribution in [1.82, 2.24) is 4.90 Å². The Morgan fingerprint density at radius 3 is 2.72 bits per heavy atom. The van der Waals surface area contributed by atoms with Gasteiger partial charge in [-0.05, 0) is 24.1 Å². The summed E-state index contributed by atoms with van der Waals surface area (Å²) < 4.78 is 0. The van der Waals surface area contributed by atoms with Gasteiger partial charge in [-0.3, -0.25) is 9.59 Å². The van der Waals surface area contributed by atoms with Gasteiger partial charge in [0.25, 0.3) is 5.91 Å². The van der Waals surface area contributed by atoms with Crippen LogP contribution in [0, 0.1) is 6.57 Å². The summed E-state index contributed by atoms with van der Waals surface area (Å²) >= 11 is 1.26. The fourth-order valence-corrected chi connectivity index (χ4v) is 4.25. The Morgan fingerprint density at radius 2 is 2.08 bits per heavy atom. The number of carboxylic acid groups (broad SMARTS) is 1. The summed E-state index contributed by atoms with van der Waals surface area (Å²) in [5.74, 6) is -1.92. The number of carbonyl (C=O) groups excluding carboxylic acids is 1. The summed E-state index contributed by atoms with van der Waals surface area (Å²) in [5, 5.41) is 10.4. The van der Waals surface area contributed by atoms with Crippen molar-refractivity contribution in [2.75, 3.05) is 6.54 Å². The first-order valence-electron chi connectivity index (χ1n) is 8.18. The van der Waals surface area contributed by atoms with Crippen molar-refractivity contribution in [2.24, 2.45) is 0 Å². The number of fused-ring (bicyclic) bond motifs is 1. The van der Waals surface area contributed by atoms with Gasteiger partial charge in [-0.15, -0.1) is 0 Å². The van der Waals surface area contributed by atoms with Crippen molar-refractivity contribution in [3.63, 3.8) is 0 Å². The van der Waals surface area contributed by atoms with E-state index in [9.17, 15) is 14.7 Å². The van der Waals surface area contributed by atoms with Gasteiger partial charge in [0.15, 0.2) is 0 Å². The molecule has 1 aliphatic heterocycles. The lowest BCUT2D eigenvalue weighted by molar-refractivity contribution is -0.140. The molecule has 2 atom stereocenters. The normalized spacial score (nSPS) is 19.4. The molecule has 2 heterocycles. The van der Waals surface area contributed by atoms with Gasteiger partial charge in [-0.25, -0.2) is 4.85 Å². The van der Waals surface area contributed by atoms with Gasteiger partial charge in [0.05, 0.1) is 12.6 Å². The number of hydrogen-bond acceptors (Lipinski definition) is 3. The SMILES string of the molecule is [C-]#[N+]c1ccc(C2C(C(=O)O)c3ccccc3C(=O)N2CCCC)s1. The average Bonchev–Trinajstić information content (AvgIpc) is 3.09. The lowest BCUT2D eigenvalue weighted by atomic mass is 9.82. The second kappa shape index (κ2) is 7.08. The van der Waals surface area contributed by atoms with Gasteiger partial charge in [0, 0.05) is 17.0 Å². The van der Waals surface area contributed by atoms with E-state index in [1.54, 1.807) is 41.3 Å². The second-order valence-corrected chi connectivity index (χ2v) is 7.08. The molecule has 1 aliphatic rings. The zero-order valence-corrected chi connectivity index (χ0v) is 14.6. The van der Waals surface area contributed by atoms with Gasteiger partial charge >= 0.3 is 5.97 Å². The van der Waals surface area contributed by atoms with Crippen molar-refractivity contribution in [1.29, 1.82) is 0 Å². The van der Waals surface area contributed by atoms with Crippen LogP contribution in [0.25, 0.3) is 4.85 Å². The number of thiophene rings is 1. The van der Waals surface area contributed by atoms with Crippen LogP contribution in [0.1, 0.15) is 52.5 Å². The van der Waals surface area contributed by atoms with E-state index in [1.807, 2.05) is 6.92 Å². The quantitative estimate of drug-likeness (QED) is 0.806. The first-order chi connectivity index (χ1) is 12.1. The number of aliphatic carboxylic acids is 1. The Morgan fingerprint density at radius 1 is 1.32 bits per heavy atom. The van der Waals surface area contributed by atoms with E-state index >= 15 is 0 Å². The molecular weight excluding hydrogens is 336 g/mol. The number of nitrogens with zero attached hydrogens (tertiary/aromatic N) is 2. The number of carboxylic acids is 1. The summed E-state index contributed by atoms with van der Waals surface area (Å²) in [4.78, 5) is 31.0. The van der Waals surface area contributed by atoms with E-state index in [0.29, 0.717) is 22.7 Å². The highest BCUT2D eigenvalue weighted by Crippen LogP contribution is 2.46. The molecule has 0 spiro atoms. The maximum absolute atomic E-state index is 13.0. The van der Waals surface area contributed by atoms with Crippen LogP contribution in [0.5, 0.6) is 0 Å². The number of hydrogen-bond donors (Lipinski definition) is 1. The topological polar surface area (TPSA) is 62.0 Å². The van der Waals surface area contributed by atoms with Crippen molar-refractivity contribution in [3.8, 4) is 0 Å². The van der Waals surface area contributed by atoms with E-state index in [1.165, 1.54) is 11.3 Å². The van der Waals surface area contributed by atoms with Crippen LogP contribution < -0.4 is 0 Å². The minimum absolute atomic E-state index is 0.135. The van der Waals surface area contributed by atoms with E-state index in [2.05, 4.69) is 4.85 Å². The lowest BCUT2D eigenvalue weighted by Crippen LogP contribution is -2.45.